The Morgan fingerprint density at radius 1 is 1.08 bits per heavy atom. The van der Waals surface area contributed by atoms with Gasteiger partial charge in [-0.1, -0.05) is 36.4 Å². The number of amides is 1. The van der Waals surface area contributed by atoms with Crippen molar-refractivity contribution in [3.63, 3.8) is 0 Å². The molecule has 1 unspecified atom stereocenters. The zero-order valence-electron chi connectivity index (χ0n) is 20.1. The Bertz CT molecular complexity index is 1260. The summed E-state index contributed by atoms with van der Waals surface area (Å²) in [6, 6.07) is 13.6. The van der Waals surface area contributed by atoms with E-state index >= 15 is 0 Å². The second-order valence-corrected chi connectivity index (χ2v) is 9.33. The van der Waals surface area contributed by atoms with Crippen LogP contribution in [0.3, 0.4) is 0 Å². The van der Waals surface area contributed by atoms with Gasteiger partial charge in [-0.2, -0.15) is 13.2 Å². The highest BCUT2D eigenvalue weighted by atomic mass is 19.4. The molecule has 4 rings (SSSR count). The number of nitrogens with one attached hydrogen (secondary N) is 1. The van der Waals surface area contributed by atoms with Crippen molar-refractivity contribution in [2.75, 3.05) is 11.9 Å². The van der Waals surface area contributed by atoms with Crippen molar-refractivity contribution in [1.82, 2.24) is 19.9 Å². The zero-order chi connectivity index (χ0) is 25.9. The average molecular weight is 498 g/mol. The Kier molecular flexibility index (Phi) is 6.96. The number of alkyl halides is 3. The first-order chi connectivity index (χ1) is 17.0. The van der Waals surface area contributed by atoms with Crippen LogP contribution in [0.15, 0.2) is 67.0 Å². The van der Waals surface area contributed by atoms with Gasteiger partial charge in [0.25, 0.3) is 0 Å². The minimum absolute atomic E-state index is 0.127. The van der Waals surface area contributed by atoms with Crippen LogP contribution in [0.1, 0.15) is 44.5 Å². The summed E-state index contributed by atoms with van der Waals surface area (Å²) in [4.78, 5) is 26.4. The normalized spacial score (nSPS) is 16.1. The number of carbonyl (C=O) groups excluding carboxylic acids is 1. The number of aromatic nitrogens is 3. The smallest absolute Gasteiger partial charge is 0.433 e. The van der Waals surface area contributed by atoms with E-state index in [0.29, 0.717) is 24.4 Å². The van der Waals surface area contributed by atoms with Crippen LogP contribution in [0.25, 0.3) is 11.3 Å². The van der Waals surface area contributed by atoms with Crippen molar-refractivity contribution in [1.29, 1.82) is 0 Å². The second-order valence-electron chi connectivity index (χ2n) is 9.33. The highest BCUT2D eigenvalue weighted by Crippen LogP contribution is 2.31. The van der Waals surface area contributed by atoms with Crippen LogP contribution >= 0.6 is 0 Å². The molecule has 0 fully saturated rings. The number of ether oxygens (including phenoxy) is 1. The summed E-state index contributed by atoms with van der Waals surface area (Å²) in [7, 11) is 0. The summed E-state index contributed by atoms with van der Waals surface area (Å²) < 4.78 is 44.8. The van der Waals surface area contributed by atoms with Crippen LogP contribution in [0, 0.1) is 0 Å². The molecule has 36 heavy (non-hydrogen) atoms. The summed E-state index contributed by atoms with van der Waals surface area (Å²) in [5.74, 6) is 0.0338. The minimum Gasteiger partial charge on any atom is -0.443 e. The first-order valence-electron chi connectivity index (χ1n) is 11.4. The van der Waals surface area contributed by atoms with Gasteiger partial charge in [0.15, 0.2) is 0 Å². The van der Waals surface area contributed by atoms with E-state index in [0.717, 1.165) is 17.8 Å². The van der Waals surface area contributed by atoms with E-state index in [2.05, 4.69) is 20.3 Å². The molecule has 3 aromatic rings. The predicted octanol–water partition coefficient (Wildman–Crippen LogP) is 6.54. The van der Waals surface area contributed by atoms with Crippen molar-refractivity contribution < 1.29 is 22.7 Å². The highest BCUT2D eigenvalue weighted by molar-refractivity contribution is 5.69. The average Bonchev–Trinajstić information content (AvgIpc) is 2.83. The summed E-state index contributed by atoms with van der Waals surface area (Å²) >= 11 is 0. The van der Waals surface area contributed by atoms with E-state index in [1.165, 1.54) is 11.0 Å². The van der Waals surface area contributed by atoms with Gasteiger partial charge in [-0.25, -0.2) is 14.8 Å². The number of anilines is 2. The fourth-order valence-corrected chi connectivity index (χ4v) is 3.64. The topological polar surface area (TPSA) is 80.2 Å². The molecule has 0 bridgehead atoms. The number of carbonyl (C=O) groups is 1. The molecule has 0 radical (unpaired) electrons. The molecule has 3 heterocycles. The lowest BCUT2D eigenvalue weighted by Gasteiger charge is -2.29. The van der Waals surface area contributed by atoms with Crippen molar-refractivity contribution >= 4 is 17.7 Å². The van der Waals surface area contributed by atoms with Crippen LogP contribution in [0.5, 0.6) is 0 Å². The molecule has 1 amide bonds. The van der Waals surface area contributed by atoms with Gasteiger partial charge in [0.05, 0.1) is 11.4 Å². The van der Waals surface area contributed by atoms with Crippen LogP contribution in [0.2, 0.25) is 0 Å². The van der Waals surface area contributed by atoms with Crippen LogP contribution in [-0.2, 0) is 10.9 Å². The van der Waals surface area contributed by atoms with E-state index in [1.807, 2.05) is 63.2 Å². The molecule has 1 N–H and O–H groups in total. The summed E-state index contributed by atoms with van der Waals surface area (Å²) in [5, 5.41) is 2.89. The summed E-state index contributed by atoms with van der Waals surface area (Å²) in [5.41, 5.74) is 0.698. The van der Waals surface area contributed by atoms with Gasteiger partial charge >= 0.3 is 12.3 Å². The number of hydrogen-bond acceptors (Lipinski definition) is 6. The van der Waals surface area contributed by atoms with Crippen molar-refractivity contribution in [2.24, 2.45) is 0 Å². The molecule has 0 aliphatic carbocycles. The third-order valence-electron chi connectivity index (χ3n) is 5.31. The monoisotopic (exact) mass is 497 g/mol. The quantitative estimate of drug-likeness (QED) is 0.441. The molecule has 0 spiro atoms. The van der Waals surface area contributed by atoms with Gasteiger partial charge in [0.1, 0.15) is 11.3 Å². The lowest BCUT2D eigenvalue weighted by atomic mass is 9.97. The molecule has 1 aliphatic rings. The second kappa shape index (κ2) is 9.96. The van der Waals surface area contributed by atoms with E-state index < -0.39 is 23.6 Å². The molecular weight excluding hydrogens is 471 g/mol. The van der Waals surface area contributed by atoms with Crippen LogP contribution in [-0.4, -0.2) is 38.1 Å². The lowest BCUT2D eigenvalue weighted by Crippen LogP contribution is -2.36. The number of benzene rings is 1. The number of rotatable bonds is 4. The molecular formula is C26H26F3N5O2. The van der Waals surface area contributed by atoms with Crippen LogP contribution in [0.4, 0.5) is 29.6 Å². The Labute approximate surface area is 207 Å². The first-order valence-corrected chi connectivity index (χ1v) is 11.4. The van der Waals surface area contributed by atoms with E-state index in [1.54, 1.807) is 6.20 Å². The molecule has 2 aromatic heterocycles. The molecule has 1 atom stereocenters. The summed E-state index contributed by atoms with van der Waals surface area (Å²) in [6.45, 7) is 5.86. The number of nitrogens with zero attached hydrogens (tertiary/aromatic N) is 4. The van der Waals surface area contributed by atoms with Gasteiger partial charge in [-0.15, -0.1) is 0 Å². The fraction of sp³-hybridized carbons (Fsp3) is 0.308. The van der Waals surface area contributed by atoms with E-state index in [-0.39, 0.29) is 17.6 Å². The Morgan fingerprint density at radius 2 is 1.83 bits per heavy atom. The summed E-state index contributed by atoms with van der Waals surface area (Å²) in [6.07, 6.45) is 0.226. The van der Waals surface area contributed by atoms with Gasteiger partial charge in [0.2, 0.25) is 5.95 Å². The largest absolute Gasteiger partial charge is 0.443 e. The maximum Gasteiger partial charge on any atom is 0.433 e. The minimum atomic E-state index is -4.57. The molecule has 7 nitrogen and oxygen atoms in total. The van der Waals surface area contributed by atoms with Gasteiger partial charge < -0.3 is 10.1 Å². The van der Waals surface area contributed by atoms with Crippen molar-refractivity contribution in [2.45, 2.75) is 44.9 Å². The van der Waals surface area contributed by atoms with Gasteiger partial charge in [0, 0.05) is 36.1 Å². The number of allylic oxidation sites excluding steroid dienone is 1. The lowest BCUT2D eigenvalue weighted by molar-refractivity contribution is -0.141. The number of halogens is 3. The van der Waals surface area contributed by atoms with Crippen molar-refractivity contribution in [3.05, 3.63) is 78.4 Å². The third kappa shape index (κ3) is 6.38. The van der Waals surface area contributed by atoms with Crippen LogP contribution < -0.4 is 5.32 Å². The zero-order valence-corrected chi connectivity index (χ0v) is 20.1. The molecule has 0 saturated heterocycles. The van der Waals surface area contributed by atoms with Crippen molar-refractivity contribution in [3.8, 4) is 11.3 Å². The molecule has 1 aliphatic heterocycles. The number of pyridine rings is 1. The Morgan fingerprint density at radius 3 is 2.47 bits per heavy atom. The van der Waals surface area contributed by atoms with E-state index in [4.69, 9.17) is 4.74 Å². The molecule has 10 heteroatoms. The third-order valence-corrected chi connectivity index (χ3v) is 5.31. The fourth-order valence-electron chi connectivity index (χ4n) is 3.64. The van der Waals surface area contributed by atoms with E-state index in [9.17, 15) is 18.0 Å². The highest BCUT2D eigenvalue weighted by Gasteiger charge is 2.32. The molecule has 1 aromatic carbocycles. The molecule has 0 saturated carbocycles. The standard InChI is InChI=1S/C26H26F3N5O2/c1-25(2,3)36-24(35)34-13-10-18(11-14-34)21-16-20(17-7-5-4-6-8-17)32-23(33-21)31-19-9-12-30-22(15-19)26(27,28)29/h4-10,12-13,15-16,18H,11,14H2,1-3H3,(H,30,31,32,33). The first kappa shape index (κ1) is 25.2. The maximum absolute atomic E-state index is 13.1. The Balaban J connectivity index is 1.63. The Hall–Kier alpha value is -3.95. The van der Waals surface area contributed by atoms with Gasteiger partial charge in [-0.3, -0.25) is 9.88 Å². The number of hydrogen-bond donors (Lipinski definition) is 1. The maximum atomic E-state index is 13.1. The SMILES string of the molecule is CC(C)(C)OC(=O)N1C=CC(c2cc(-c3ccccc3)nc(Nc3ccnc(C(F)(F)F)c3)n2)CC1. The molecule has 188 valence electrons. The van der Waals surface area contributed by atoms with Gasteiger partial charge in [-0.05, 0) is 45.4 Å². The predicted molar refractivity (Wildman–Crippen MR) is 129 cm³/mol.